The van der Waals surface area contributed by atoms with Crippen molar-refractivity contribution >= 4 is 11.8 Å². The average Bonchev–Trinajstić information content (AvgIpc) is 2.57. The summed E-state index contributed by atoms with van der Waals surface area (Å²) in [6, 6.07) is 0.561. The minimum Gasteiger partial charge on any atom is -0.314 e. The number of nitrogens with one attached hydrogen (secondary N) is 2. The number of rotatable bonds is 6. The normalized spacial score (nSPS) is 13.3. The molecule has 0 fully saturated rings. The molecule has 1 heterocycles. The quantitative estimate of drug-likeness (QED) is 0.739. The molecule has 6 heteroatoms. The van der Waals surface area contributed by atoms with Crippen molar-refractivity contribution in [3.05, 3.63) is 10.5 Å². The zero-order valence-electron chi connectivity index (χ0n) is 10.3. The zero-order chi connectivity index (χ0) is 12.1. The van der Waals surface area contributed by atoms with Gasteiger partial charge in [-0.3, -0.25) is 4.57 Å². The van der Waals surface area contributed by atoms with Gasteiger partial charge in [-0.15, -0.1) is 5.10 Å². The van der Waals surface area contributed by atoms with E-state index < -0.39 is 0 Å². The second kappa shape index (κ2) is 6.10. The van der Waals surface area contributed by atoms with Gasteiger partial charge in [0.15, 0.2) is 5.16 Å². The predicted molar refractivity (Wildman–Crippen MR) is 67.1 cm³/mol. The molecular formula is C10H20N4OS. The molecule has 92 valence electrons. The fourth-order valence-corrected chi connectivity index (χ4v) is 2.51. The summed E-state index contributed by atoms with van der Waals surface area (Å²) in [6.07, 6.45) is 0. The first-order chi connectivity index (χ1) is 7.56. The Morgan fingerprint density at radius 1 is 1.50 bits per heavy atom. The Balaban J connectivity index is 2.64. The Morgan fingerprint density at radius 2 is 2.19 bits per heavy atom. The van der Waals surface area contributed by atoms with E-state index in [4.69, 9.17) is 0 Å². The van der Waals surface area contributed by atoms with E-state index in [-0.39, 0.29) is 11.7 Å². The smallest absolute Gasteiger partial charge is 0.314 e. The highest BCUT2D eigenvalue weighted by Gasteiger charge is 2.12. The van der Waals surface area contributed by atoms with Crippen molar-refractivity contribution in [3.8, 4) is 0 Å². The lowest BCUT2D eigenvalue weighted by atomic mass is 10.4. The highest BCUT2D eigenvalue weighted by Crippen LogP contribution is 2.17. The standard InChI is InChI=1S/C10H20N4OS/c1-5-11-8(4)6-16-10-13-12-9(15)14(10)7(2)3/h7-8,11H,5-6H2,1-4H3,(H,12,15). The van der Waals surface area contributed by atoms with Crippen LogP contribution in [-0.4, -0.2) is 33.1 Å². The number of hydrogen-bond acceptors (Lipinski definition) is 4. The summed E-state index contributed by atoms with van der Waals surface area (Å²) in [5.41, 5.74) is -0.131. The molecule has 1 atom stereocenters. The van der Waals surface area contributed by atoms with E-state index in [0.717, 1.165) is 17.5 Å². The number of aromatic amines is 1. The van der Waals surface area contributed by atoms with E-state index in [0.29, 0.717) is 6.04 Å². The third-order valence-electron chi connectivity index (χ3n) is 2.20. The maximum Gasteiger partial charge on any atom is 0.344 e. The van der Waals surface area contributed by atoms with Crippen LogP contribution >= 0.6 is 11.8 Å². The molecule has 0 amide bonds. The van der Waals surface area contributed by atoms with Gasteiger partial charge in [-0.25, -0.2) is 9.89 Å². The molecule has 0 aliphatic carbocycles. The largest absolute Gasteiger partial charge is 0.344 e. The van der Waals surface area contributed by atoms with E-state index in [1.165, 1.54) is 0 Å². The van der Waals surface area contributed by atoms with Gasteiger partial charge in [0.1, 0.15) is 0 Å². The fourth-order valence-electron chi connectivity index (χ4n) is 1.45. The zero-order valence-corrected chi connectivity index (χ0v) is 11.1. The molecule has 0 saturated carbocycles. The molecule has 1 aromatic heterocycles. The van der Waals surface area contributed by atoms with Crippen LogP contribution in [0.25, 0.3) is 0 Å². The summed E-state index contributed by atoms with van der Waals surface area (Å²) in [6.45, 7) is 9.13. The number of hydrogen-bond donors (Lipinski definition) is 2. The predicted octanol–water partition coefficient (Wildman–Crippen LogP) is 1.24. The van der Waals surface area contributed by atoms with E-state index in [1.54, 1.807) is 16.3 Å². The minimum absolute atomic E-state index is 0.131. The maximum absolute atomic E-state index is 11.5. The summed E-state index contributed by atoms with van der Waals surface area (Å²) in [5.74, 6) is 0.908. The Hall–Kier alpha value is -0.750. The van der Waals surface area contributed by atoms with Gasteiger partial charge >= 0.3 is 5.69 Å². The van der Waals surface area contributed by atoms with Crippen molar-refractivity contribution in [2.24, 2.45) is 0 Å². The van der Waals surface area contributed by atoms with Crippen molar-refractivity contribution in [2.75, 3.05) is 12.3 Å². The second-order valence-corrected chi connectivity index (χ2v) is 5.03. The summed E-state index contributed by atoms with van der Waals surface area (Å²) >= 11 is 1.60. The minimum atomic E-state index is -0.131. The van der Waals surface area contributed by atoms with E-state index in [9.17, 15) is 4.79 Å². The van der Waals surface area contributed by atoms with Crippen LogP contribution in [0.2, 0.25) is 0 Å². The van der Waals surface area contributed by atoms with Crippen molar-refractivity contribution in [2.45, 2.75) is 44.9 Å². The summed E-state index contributed by atoms with van der Waals surface area (Å²) < 4.78 is 1.68. The second-order valence-electron chi connectivity index (χ2n) is 4.04. The van der Waals surface area contributed by atoms with Gasteiger partial charge < -0.3 is 5.32 Å². The Labute approximate surface area is 100 Å². The number of H-pyrrole nitrogens is 1. The van der Waals surface area contributed by atoms with E-state index in [2.05, 4.69) is 29.4 Å². The van der Waals surface area contributed by atoms with Gasteiger partial charge in [0.2, 0.25) is 0 Å². The SMILES string of the molecule is CCNC(C)CSc1n[nH]c(=O)n1C(C)C. The average molecular weight is 244 g/mol. The van der Waals surface area contributed by atoms with Crippen LogP contribution in [0.15, 0.2) is 9.95 Å². The first-order valence-corrected chi connectivity index (χ1v) is 6.57. The molecule has 16 heavy (non-hydrogen) atoms. The lowest BCUT2D eigenvalue weighted by Gasteiger charge is -2.12. The summed E-state index contributed by atoms with van der Waals surface area (Å²) in [7, 11) is 0. The van der Waals surface area contributed by atoms with Crippen LogP contribution in [0.5, 0.6) is 0 Å². The van der Waals surface area contributed by atoms with Gasteiger partial charge in [0.05, 0.1) is 0 Å². The van der Waals surface area contributed by atoms with Gasteiger partial charge in [-0.05, 0) is 27.3 Å². The molecule has 1 rings (SSSR count). The molecule has 0 aromatic carbocycles. The van der Waals surface area contributed by atoms with Crippen molar-refractivity contribution in [3.63, 3.8) is 0 Å². The molecule has 2 N–H and O–H groups in total. The first kappa shape index (κ1) is 13.3. The first-order valence-electron chi connectivity index (χ1n) is 5.59. The molecule has 0 radical (unpaired) electrons. The Bertz CT molecular complexity index is 371. The highest BCUT2D eigenvalue weighted by molar-refractivity contribution is 7.99. The number of thioether (sulfide) groups is 1. The summed E-state index contributed by atoms with van der Waals surface area (Å²) in [5, 5.41) is 10.6. The molecule has 0 saturated heterocycles. The third-order valence-corrected chi connectivity index (χ3v) is 3.42. The van der Waals surface area contributed by atoms with Crippen LogP contribution in [0.1, 0.15) is 33.7 Å². The van der Waals surface area contributed by atoms with Crippen molar-refractivity contribution in [1.82, 2.24) is 20.1 Å². The van der Waals surface area contributed by atoms with Gasteiger partial charge in [0.25, 0.3) is 0 Å². The molecule has 5 nitrogen and oxygen atoms in total. The molecule has 1 aromatic rings. The molecule has 0 bridgehead atoms. The van der Waals surface area contributed by atoms with Crippen molar-refractivity contribution < 1.29 is 0 Å². The highest BCUT2D eigenvalue weighted by atomic mass is 32.2. The summed E-state index contributed by atoms with van der Waals surface area (Å²) in [4.78, 5) is 11.5. The monoisotopic (exact) mass is 244 g/mol. The van der Waals surface area contributed by atoms with Crippen LogP contribution < -0.4 is 11.0 Å². The van der Waals surface area contributed by atoms with Crippen LogP contribution in [-0.2, 0) is 0 Å². The van der Waals surface area contributed by atoms with Gasteiger partial charge in [-0.1, -0.05) is 18.7 Å². The lowest BCUT2D eigenvalue weighted by molar-refractivity contribution is 0.533. The topological polar surface area (TPSA) is 62.7 Å². The van der Waals surface area contributed by atoms with Gasteiger partial charge in [-0.2, -0.15) is 0 Å². The molecule has 0 spiro atoms. The molecule has 0 aliphatic heterocycles. The molecule has 1 unspecified atom stereocenters. The van der Waals surface area contributed by atoms with Crippen molar-refractivity contribution in [1.29, 1.82) is 0 Å². The van der Waals surface area contributed by atoms with Crippen LogP contribution in [0, 0.1) is 0 Å². The van der Waals surface area contributed by atoms with Gasteiger partial charge in [0, 0.05) is 17.8 Å². The number of nitrogens with zero attached hydrogens (tertiary/aromatic N) is 2. The molecule has 0 aliphatic rings. The Kier molecular flexibility index (Phi) is 5.08. The Morgan fingerprint density at radius 3 is 2.75 bits per heavy atom. The third kappa shape index (κ3) is 3.38. The number of aromatic nitrogens is 3. The maximum atomic E-state index is 11.5. The van der Waals surface area contributed by atoms with E-state index in [1.807, 2.05) is 13.8 Å². The fraction of sp³-hybridized carbons (Fsp3) is 0.800. The van der Waals surface area contributed by atoms with Crippen LogP contribution in [0.4, 0.5) is 0 Å². The van der Waals surface area contributed by atoms with E-state index >= 15 is 0 Å². The van der Waals surface area contributed by atoms with Crippen LogP contribution in [0.3, 0.4) is 0 Å². The molecular weight excluding hydrogens is 224 g/mol. The lowest BCUT2D eigenvalue weighted by Crippen LogP contribution is -2.28.